The van der Waals surface area contributed by atoms with Crippen molar-refractivity contribution < 1.29 is 0 Å². The second kappa shape index (κ2) is 4.19. The van der Waals surface area contributed by atoms with E-state index in [2.05, 4.69) is 35.3 Å². The summed E-state index contributed by atoms with van der Waals surface area (Å²) in [5, 5.41) is 3.55. The van der Waals surface area contributed by atoms with Gasteiger partial charge in [0.1, 0.15) is 0 Å². The first-order valence-corrected chi connectivity index (χ1v) is 6.39. The molecule has 3 rings (SSSR count). The maximum Gasteiger partial charge on any atom is 0.0476 e. The van der Waals surface area contributed by atoms with Crippen molar-refractivity contribution in [3.8, 4) is 0 Å². The van der Waals surface area contributed by atoms with Gasteiger partial charge in [-0.2, -0.15) is 0 Å². The van der Waals surface area contributed by atoms with E-state index in [1.54, 1.807) is 5.56 Å². The van der Waals surface area contributed by atoms with Crippen LogP contribution in [0.3, 0.4) is 0 Å². The molecule has 0 aliphatic carbocycles. The number of nitrogens with one attached hydrogen (secondary N) is 1. The molecule has 2 aliphatic heterocycles. The molecule has 16 heavy (non-hydrogen) atoms. The van der Waals surface area contributed by atoms with Crippen LogP contribution in [-0.2, 0) is 6.54 Å². The number of hydrogen-bond donors (Lipinski definition) is 1. The highest BCUT2D eigenvalue weighted by atomic mass is 15.2. The third kappa shape index (κ3) is 1.76. The molecule has 0 unspecified atom stereocenters. The molecule has 2 aliphatic rings. The molecular formula is C14H20N2. The van der Waals surface area contributed by atoms with E-state index in [4.69, 9.17) is 0 Å². The lowest BCUT2D eigenvalue weighted by atomic mass is 9.94. The molecule has 1 aromatic rings. The zero-order chi connectivity index (χ0) is 11.0. The van der Waals surface area contributed by atoms with Gasteiger partial charge in [0.2, 0.25) is 0 Å². The summed E-state index contributed by atoms with van der Waals surface area (Å²) in [6.07, 6.45) is 2.75. The maximum absolute atomic E-state index is 3.55. The van der Waals surface area contributed by atoms with Gasteiger partial charge in [0.25, 0.3) is 0 Å². The van der Waals surface area contributed by atoms with Crippen molar-refractivity contribution in [3.05, 3.63) is 34.9 Å². The van der Waals surface area contributed by atoms with Gasteiger partial charge in [-0.15, -0.1) is 0 Å². The standard InChI is InChI=1S/C14H20N2/c1-11-4-5-13-12(8-11)9-15-10-14(13)16-6-2-3-7-16/h4-5,8,14-15H,2-3,6-7,9-10H2,1H3/t14-/m1/s1. The fourth-order valence-corrected chi connectivity index (χ4v) is 3.05. The number of rotatable bonds is 1. The van der Waals surface area contributed by atoms with Gasteiger partial charge < -0.3 is 5.32 Å². The van der Waals surface area contributed by atoms with Crippen molar-refractivity contribution in [3.63, 3.8) is 0 Å². The van der Waals surface area contributed by atoms with Gasteiger partial charge in [-0.1, -0.05) is 23.8 Å². The first kappa shape index (κ1) is 10.3. The maximum atomic E-state index is 3.55. The lowest BCUT2D eigenvalue weighted by molar-refractivity contribution is 0.228. The predicted molar refractivity (Wildman–Crippen MR) is 66.4 cm³/mol. The van der Waals surface area contributed by atoms with Crippen LogP contribution < -0.4 is 5.32 Å². The fourth-order valence-electron chi connectivity index (χ4n) is 3.05. The van der Waals surface area contributed by atoms with Crippen molar-refractivity contribution in [2.24, 2.45) is 0 Å². The summed E-state index contributed by atoms with van der Waals surface area (Å²) in [6.45, 7) is 6.90. The summed E-state index contributed by atoms with van der Waals surface area (Å²) in [6, 6.07) is 7.55. The minimum atomic E-state index is 0.617. The highest BCUT2D eigenvalue weighted by Crippen LogP contribution is 2.30. The minimum absolute atomic E-state index is 0.617. The highest BCUT2D eigenvalue weighted by Gasteiger charge is 2.27. The Morgan fingerprint density at radius 3 is 2.88 bits per heavy atom. The molecule has 1 N–H and O–H groups in total. The third-order valence-corrected chi connectivity index (χ3v) is 3.89. The van der Waals surface area contributed by atoms with E-state index in [-0.39, 0.29) is 0 Å². The first-order chi connectivity index (χ1) is 7.84. The van der Waals surface area contributed by atoms with Gasteiger partial charge in [-0.05, 0) is 44.0 Å². The smallest absolute Gasteiger partial charge is 0.0476 e. The van der Waals surface area contributed by atoms with Crippen LogP contribution in [0.1, 0.15) is 35.6 Å². The number of likely N-dealkylation sites (tertiary alicyclic amines) is 1. The summed E-state index contributed by atoms with van der Waals surface area (Å²) in [7, 11) is 0. The molecule has 1 aromatic carbocycles. The lowest BCUT2D eigenvalue weighted by Gasteiger charge is -2.33. The number of nitrogens with zero attached hydrogens (tertiary/aromatic N) is 1. The van der Waals surface area contributed by atoms with Crippen molar-refractivity contribution in [2.45, 2.75) is 32.4 Å². The molecule has 0 amide bonds. The second-order valence-electron chi connectivity index (χ2n) is 5.09. The summed E-state index contributed by atoms with van der Waals surface area (Å²) in [5.41, 5.74) is 4.44. The molecule has 1 atom stereocenters. The Balaban J connectivity index is 1.93. The molecule has 2 heteroatoms. The van der Waals surface area contributed by atoms with E-state index in [1.165, 1.54) is 37.1 Å². The Labute approximate surface area is 97.6 Å². The Morgan fingerprint density at radius 2 is 2.06 bits per heavy atom. The van der Waals surface area contributed by atoms with Gasteiger partial charge in [0, 0.05) is 19.1 Å². The van der Waals surface area contributed by atoms with E-state index in [1.807, 2.05) is 0 Å². The minimum Gasteiger partial charge on any atom is -0.311 e. The van der Waals surface area contributed by atoms with Crippen LogP contribution >= 0.6 is 0 Å². The van der Waals surface area contributed by atoms with Crippen LogP contribution in [0.2, 0.25) is 0 Å². The topological polar surface area (TPSA) is 15.3 Å². The van der Waals surface area contributed by atoms with Crippen molar-refractivity contribution in [1.82, 2.24) is 10.2 Å². The summed E-state index contributed by atoms with van der Waals surface area (Å²) >= 11 is 0. The van der Waals surface area contributed by atoms with Gasteiger partial charge in [0.05, 0.1) is 0 Å². The van der Waals surface area contributed by atoms with Crippen LogP contribution in [0.25, 0.3) is 0 Å². The summed E-state index contributed by atoms with van der Waals surface area (Å²) in [4.78, 5) is 2.64. The van der Waals surface area contributed by atoms with Gasteiger partial charge >= 0.3 is 0 Å². The van der Waals surface area contributed by atoms with Gasteiger partial charge in [-0.3, -0.25) is 4.90 Å². The molecule has 2 heterocycles. The van der Waals surface area contributed by atoms with E-state index in [9.17, 15) is 0 Å². The van der Waals surface area contributed by atoms with Crippen molar-refractivity contribution in [2.75, 3.05) is 19.6 Å². The van der Waals surface area contributed by atoms with Crippen molar-refractivity contribution in [1.29, 1.82) is 0 Å². The summed E-state index contributed by atoms with van der Waals surface area (Å²) < 4.78 is 0. The molecule has 1 saturated heterocycles. The van der Waals surface area contributed by atoms with E-state index >= 15 is 0 Å². The molecule has 0 saturated carbocycles. The zero-order valence-corrected chi connectivity index (χ0v) is 10.00. The first-order valence-electron chi connectivity index (χ1n) is 6.39. The zero-order valence-electron chi connectivity index (χ0n) is 10.00. The number of benzene rings is 1. The Bertz CT molecular complexity index is 380. The van der Waals surface area contributed by atoms with Crippen LogP contribution in [0.5, 0.6) is 0 Å². The van der Waals surface area contributed by atoms with E-state index in [0.29, 0.717) is 6.04 Å². The van der Waals surface area contributed by atoms with Crippen LogP contribution in [0.4, 0.5) is 0 Å². The molecule has 86 valence electrons. The fraction of sp³-hybridized carbons (Fsp3) is 0.571. The molecule has 0 spiro atoms. The third-order valence-electron chi connectivity index (χ3n) is 3.89. The monoisotopic (exact) mass is 216 g/mol. The highest BCUT2D eigenvalue weighted by molar-refractivity contribution is 5.35. The molecule has 0 bridgehead atoms. The molecule has 0 radical (unpaired) electrons. The average Bonchev–Trinajstić information content (AvgIpc) is 2.81. The number of fused-ring (bicyclic) bond motifs is 1. The van der Waals surface area contributed by atoms with E-state index < -0.39 is 0 Å². The number of aryl methyl sites for hydroxylation is 1. The van der Waals surface area contributed by atoms with Crippen LogP contribution in [0, 0.1) is 6.92 Å². The lowest BCUT2D eigenvalue weighted by Crippen LogP contribution is -2.38. The molecule has 1 fully saturated rings. The van der Waals surface area contributed by atoms with Crippen LogP contribution in [0.15, 0.2) is 18.2 Å². The van der Waals surface area contributed by atoms with Gasteiger partial charge in [0.15, 0.2) is 0 Å². The molecule has 2 nitrogen and oxygen atoms in total. The summed E-state index contributed by atoms with van der Waals surface area (Å²) in [5.74, 6) is 0. The van der Waals surface area contributed by atoms with E-state index in [0.717, 1.165) is 13.1 Å². The largest absolute Gasteiger partial charge is 0.311 e. The quantitative estimate of drug-likeness (QED) is 0.774. The average molecular weight is 216 g/mol. The van der Waals surface area contributed by atoms with Gasteiger partial charge in [-0.25, -0.2) is 0 Å². The van der Waals surface area contributed by atoms with Crippen LogP contribution in [-0.4, -0.2) is 24.5 Å². The Morgan fingerprint density at radius 1 is 1.25 bits per heavy atom. The number of hydrogen-bond acceptors (Lipinski definition) is 2. The normalized spacial score (nSPS) is 25.7. The molecular weight excluding hydrogens is 196 g/mol. The molecule has 0 aromatic heterocycles. The Kier molecular flexibility index (Phi) is 2.70. The second-order valence-corrected chi connectivity index (χ2v) is 5.09. The predicted octanol–water partition coefficient (Wildman–Crippen LogP) is 2.24. The SMILES string of the molecule is Cc1ccc2c(c1)CNC[C@H]2N1CCCC1. The Hall–Kier alpha value is -0.860. The van der Waals surface area contributed by atoms with Crippen molar-refractivity contribution >= 4 is 0 Å².